The van der Waals surface area contributed by atoms with Crippen molar-refractivity contribution in [1.82, 2.24) is 0 Å². The van der Waals surface area contributed by atoms with E-state index in [9.17, 15) is 14.9 Å². The number of non-ortho nitro benzene ring substituents is 1. The number of nitro benzene ring substituents is 1. The van der Waals surface area contributed by atoms with Crippen LogP contribution in [0.15, 0.2) is 42.5 Å². The number of hydrogen-bond acceptors (Lipinski definition) is 5. The quantitative estimate of drug-likeness (QED) is 0.631. The molecule has 0 unspecified atom stereocenters. The van der Waals surface area contributed by atoms with E-state index in [0.29, 0.717) is 17.1 Å². The van der Waals surface area contributed by atoms with Gasteiger partial charge in [0.05, 0.1) is 18.6 Å². The van der Waals surface area contributed by atoms with Gasteiger partial charge in [0.15, 0.2) is 0 Å². The smallest absolute Gasteiger partial charge is 0.271 e. The number of rotatable bonds is 6. The Morgan fingerprint density at radius 3 is 2.52 bits per heavy atom. The second-order valence-electron chi connectivity index (χ2n) is 4.89. The highest BCUT2D eigenvalue weighted by Gasteiger charge is 2.10. The Morgan fingerprint density at radius 2 is 1.91 bits per heavy atom. The van der Waals surface area contributed by atoms with Crippen LogP contribution in [0.3, 0.4) is 0 Å². The molecule has 0 saturated heterocycles. The fourth-order valence-electron chi connectivity index (χ4n) is 1.97. The molecule has 0 aliphatic carbocycles. The molecule has 2 aromatic rings. The predicted molar refractivity (Wildman–Crippen MR) is 87.9 cm³/mol. The number of amides is 1. The van der Waals surface area contributed by atoms with E-state index in [1.165, 1.54) is 12.1 Å². The van der Waals surface area contributed by atoms with Crippen LogP contribution < -0.4 is 15.4 Å². The van der Waals surface area contributed by atoms with Gasteiger partial charge in [0.1, 0.15) is 5.75 Å². The molecule has 0 aliphatic heterocycles. The summed E-state index contributed by atoms with van der Waals surface area (Å²) in [7, 11) is 1.57. The lowest BCUT2D eigenvalue weighted by Gasteiger charge is -2.10. The van der Waals surface area contributed by atoms with E-state index in [1.807, 2.05) is 6.92 Å². The van der Waals surface area contributed by atoms with E-state index < -0.39 is 4.92 Å². The molecular weight excluding hydrogens is 298 g/mol. The summed E-state index contributed by atoms with van der Waals surface area (Å²) in [6.07, 6.45) is 0. The number of hydrogen-bond donors (Lipinski definition) is 2. The van der Waals surface area contributed by atoms with E-state index in [-0.39, 0.29) is 18.1 Å². The molecule has 0 spiro atoms. The molecule has 0 radical (unpaired) electrons. The normalized spacial score (nSPS) is 10.0. The number of anilines is 2. The number of ether oxygens (including phenoxy) is 1. The zero-order chi connectivity index (χ0) is 16.8. The number of aryl methyl sites for hydroxylation is 1. The molecule has 2 rings (SSSR count). The van der Waals surface area contributed by atoms with Gasteiger partial charge in [0.2, 0.25) is 5.91 Å². The average molecular weight is 315 g/mol. The van der Waals surface area contributed by atoms with E-state index in [2.05, 4.69) is 10.6 Å². The minimum absolute atomic E-state index is 0.00797. The second kappa shape index (κ2) is 7.26. The highest BCUT2D eigenvalue weighted by atomic mass is 16.6. The first-order valence-corrected chi connectivity index (χ1v) is 6.92. The van der Waals surface area contributed by atoms with E-state index >= 15 is 0 Å². The standard InChI is InChI=1S/C16H17N3O4/c1-11-3-6-13(19(21)22)9-15(11)17-10-16(20)18-12-4-7-14(23-2)8-5-12/h3-9,17H,10H2,1-2H3,(H,18,20). The van der Waals surface area contributed by atoms with Crippen molar-refractivity contribution in [3.8, 4) is 5.75 Å². The van der Waals surface area contributed by atoms with Crippen molar-refractivity contribution in [1.29, 1.82) is 0 Å². The Morgan fingerprint density at radius 1 is 1.22 bits per heavy atom. The SMILES string of the molecule is COc1ccc(NC(=O)CNc2cc([N+](=O)[O-])ccc2C)cc1. The zero-order valence-corrected chi connectivity index (χ0v) is 12.8. The monoisotopic (exact) mass is 315 g/mol. The number of carbonyl (C=O) groups is 1. The third-order valence-electron chi connectivity index (χ3n) is 3.25. The van der Waals surface area contributed by atoms with Gasteiger partial charge in [-0.25, -0.2) is 0 Å². The van der Waals surface area contributed by atoms with Crippen LogP contribution in [0.25, 0.3) is 0 Å². The number of nitrogens with zero attached hydrogens (tertiary/aromatic N) is 1. The molecule has 23 heavy (non-hydrogen) atoms. The summed E-state index contributed by atoms with van der Waals surface area (Å²) < 4.78 is 5.04. The minimum Gasteiger partial charge on any atom is -0.497 e. The Hall–Kier alpha value is -3.09. The van der Waals surface area contributed by atoms with Crippen LogP contribution in [-0.2, 0) is 4.79 Å². The summed E-state index contributed by atoms with van der Waals surface area (Å²) in [5, 5.41) is 16.4. The maximum Gasteiger partial charge on any atom is 0.271 e. The first-order valence-electron chi connectivity index (χ1n) is 6.92. The summed E-state index contributed by atoms with van der Waals surface area (Å²) in [6, 6.07) is 11.4. The maximum absolute atomic E-state index is 11.9. The average Bonchev–Trinajstić information content (AvgIpc) is 2.54. The summed E-state index contributed by atoms with van der Waals surface area (Å²) >= 11 is 0. The molecule has 0 fully saturated rings. The summed E-state index contributed by atoms with van der Waals surface area (Å²) in [4.78, 5) is 22.2. The fraction of sp³-hybridized carbons (Fsp3) is 0.188. The van der Waals surface area contributed by atoms with Crippen molar-refractivity contribution in [3.63, 3.8) is 0 Å². The Balaban J connectivity index is 1.96. The van der Waals surface area contributed by atoms with Crippen LogP contribution in [0.5, 0.6) is 5.75 Å². The van der Waals surface area contributed by atoms with Gasteiger partial charge < -0.3 is 15.4 Å². The molecule has 2 N–H and O–H groups in total. The van der Waals surface area contributed by atoms with Gasteiger partial charge in [-0.1, -0.05) is 6.07 Å². The number of nitrogens with one attached hydrogen (secondary N) is 2. The maximum atomic E-state index is 11.9. The van der Waals surface area contributed by atoms with Crippen molar-refractivity contribution in [2.24, 2.45) is 0 Å². The summed E-state index contributed by atoms with van der Waals surface area (Å²) in [5.74, 6) is 0.453. The van der Waals surface area contributed by atoms with E-state index in [0.717, 1.165) is 5.56 Å². The van der Waals surface area contributed by atoms with Gasteiger partial charge in [-0.3, -0.25) is 14.9 Å². The van der Waals surface area contributed by atoms with Crippen molar-refractivity contribution < 1.29 is 14.5 Å². The first-order chi connectivity index (χ1) is 11.0. The van der Waals surface area contributed by atoms with Gasteiger partial charge >= 0.3 is 0 Å². The molecule has 0 bridgehead atoms. The van der Waals surface area contributed by atoms with Crippen molar-refractivity contribution in [2.45, 2.75) is 6.92 Å². The summed E-state index contributed by atoms with van der Waals surface area (Å²) in [5.41, 5.74) is 2.01. The molecule has 1 amide bonds. The highest BCUT2D eigenvalue weighted by molar-refractivity contribution is 5.93. The van der Waals surface area contributed by atoms with Crippen LogP contribution in [0.2, 0.25) is 0 Å². The van der Waals surface area contributed by atoms with Gasteiger partial charge in [0.25, 0.3) is 5.69 Å². The third-order valence-corrected chi connectivity index (χ3v) is 3.25. The largest absolute Gasteiger partial charge is 0.497 e. The van der Waals surface area contributed by atoms with Crippen LogP contribution in [0.1, 0.15) is 5.56 Å². The molecule has 7 heteroatoms. The fourth-order valence-corrected chi connectivity index (χ4v) is 1.97. The second-order valence-corrected chi connectivity index (χ2v) is 4.89. The lowest BCUT2D eigenvalue weighted by atomic mass is 10.2. The molecule has 0 heterocycles. The Bertz CT molecular complexity index is 714. The van der Waals surface area contributed by atoms with Gasteiger partial charge in [-0.15, -0.1) is 0 Å². The lowest BCUT2D eigenvalue weighted by Crippen LogP contribution is -2.22. The number of methoxy groups -OCH3 is 1. The van der Waals surface area contributed by atoms with Crippen molar-refractivity contribution in [3.05, 3.63) is 58.1 Å². The van der Waals surface area contributed by atoms with E-state index in [4.69, 9.17) is 4.74 Å². The Kier molecular flexibility index (Phi) is 5.14. The summed E-state index contributed by atoms with van der Waals surface area (Å²) in [6.45, 7) is 1.82. The van der Waals surface area contributed by atoms with Crippen molar-refractivity contribution >= 4 is 23.0 Å². The van der Waals surface area contributed by atoms with Crippen LogP contribution in [0, 0.1) is 17.0 Å². The molecule has 0 atom stereocenters. The number of carbonyl (C=O) groups excluding carboxylic acids is 1. The van der Waals surface area contributed by atoms with Gasteiger partial charge in [-0.2, -0.15) is 0 Å². The minimum atomic E-state index is -0.470. The third kappa shape index (κ3) is 4.44. The number of benzene rings is 2. The highest BCUT2D eigenvalue weighted by Crippen LogP contribution is 2.21. The molecule has 0 aromatic heterocycles. The molecule has 0 saturated carbocycles. The molecular formula is C16H17N3O4. The van der Waals surface area contributed by atoms with Gasteiger partial charge in [0, 0.05) is 23.5 Å². The van der Waals surface area contributed by atoms with Gasteiger partial charge in [-0.05, 0) is 36.8 Å². The number of nitro groups is 1. The molecule has 120 valence electrons. The van der Waals surface area contributed by atoms with Crippen LogP contribution in [0.4, 0.5) is 17.1 Å². The van der Waals surface area contributed by atoms with Crippen molar-refractivity contribution in [2.75, 3.05) is 24.3 Å². The lowest BCUT2D eigenvalue weighted by molar-refractivity contribution is -0.384. The molecule has 0 aliphatic rings. The zero-order valence-electron chi connectivity index (χ0n) is 12.8. The van der Waals surface area contributed by atoms with Crippen LogP contribution >= 0.6 is 0 Å². The topological polar surface area (TPSA) is 93.5 Å². The molecule has 2 aromatic carbocycles. The predicted octanol–water partition coefficient (Wildman–Crippen LogP) is 2.96. The molecule has 7 nitrogen and oxygen atoms in total. The Labute approximate surface area is 133 Å². The van der Waals surface area contributed by atoms with E-state index in [1.54, 1.807) is 37.4 Å². The first kappa shape index (κ1) is 16.3. The van der Waals surface area contributed by atoms with Crippen LogP contribution in [-0.4, -0.2) is 24.5 Å².